The van der Waals surface area contributed by atoms with E-state index in [4.69, 9.17) is 4.52 Å². The Kier molecular flexibility index (Phi) is 2.84. The van der Waals surface area contributed by atoms with Crippen LogP contribution in [0.25, 0.3) is 0 Å². The van der Waals surface area contributed by atoms with Gasteiger partial charge in [-0.1, -0.05) is 23.4 Å². The Hall–Kier alpha value is -2.10. The van der Waals surface area contributed by atoms with Crippen molar-refractivity contribution >= 4 is 11.6 Å². The smallest absolute Gasteiger partial charge is 0.278 e. The van der Waals surface area contributed by atoms with Crippen molar-refractivity contribution < 1.29 is 9.32 Å². The number of carbonyl (C=O) groups excluding carboxylic acids is 1. The topological polar surface area (TPSA) is 55.1 Å². The molecule has 2 aromatic rings. The molecule has 0 bridgehead atoms. The van der Waals surface area contributed by atoms with Gasteiger partial charge in [0.05, 0.1) is 0 Å². The molecular weight excluding hydrogens is 228 g/mol. The molecule has 1 aliphatic carbocycles. The van der Waals surface area contributed by atoms with Crippen molar-refractivity contribution in [2.24, 2.45) is 0 Å². The molecule has 0 saturated heterocycles. The molecule has 92 valence electrons. The second-order valence-electron chi connectivity index (χ2n) is 4.46. The average Bonchev–Trinajstić information content (AvgIpc) is 2.84. The summed E-state index contributed by atoms with van der Waals surface area (Å²) in [4.78, 5) is 12.1. The average molecular weight is 242 g/mol. The first-order valence-electron chi connectivity index (χ1n) is 6.18. The number of rotatable bonds is 2. The van der Waals surface area contributed by atoms with E-state index >= 15 is 0 Å². The molecular formula is C14H14N2O2. The lowest BCUT2D eigenvalue weighted by Crippen LogP contribution is -2.15. The minimum atomic E-state index is -0.187. The van der Waals surface area contributed by atoms with Gasteiger partial charge in [0.1, 0.15) is 5.76 Å². The predicted octanol–water partition coefficient (Wildman–Crippen LogP) is 2.81. The largest absolute Gasteiger partial charge is 0.360 e. The molecule has 0 unspecified atom stereocenters. The van der Waals surface area contributed by atoms with Crippen LogP contribution in [0.5, 0.6) is 0 Å². The SMILES string of the molecule is O=C(Nc1ccccc1)c1noc2c1CCCC2. The Bertz CT molecular complexity index is 560. The first-order chi connectivity index (χ1) is 8.84. The zero-order valence-electron chi connectivity index (χ0n) is 9.98. The standard InChI is InChI=1S/C14H14N2O2/c17-14(15-10-6-2-1-3-7-10)13-11-8-4-5-9-12(11)18-16-13/h1-3,6-7H,4-5,8-9H2,(H,15,17). The lowest BCUT2D eigenvalue weighted by atomic mass is 9.96. The molecule has 4 nitrogen and oxygen atoms in total. The van der Waals surface area contributed by atoms with Gasteiger partial charge in [0, 0.05) is 17.7 Å². The molecule has 0 aliphatic heterocycles. The highest BCUT2D eigenvalue weighted by Gasteiger charge is 2.23. The number of benzene rings is 1. The van der Waals surface area contributed by atoms with Gasteiger partial charge in [-0.15, -0.1) is 0 Å². The van der Waals surface area contributed by atoms with Crippen LogP contribution in [0, 0.1) is 0 Å². The number of nitrogens with one attached hydrogen (secondary N) is 1. The third kappa shape index (κ3) is 2.01. The number of anilines is 1. The summed E-state index contributed by atoms with van der Waals surface area (Å²) < 4.78 is 5.24. The quantitative estimate of drug-likeness (QED) is 0.881. The molecule has 18 heavy (non-hydrogen) atoms. The van der Waals surface area contributed by atoms with Crippen molar-refractivity contribution in [2.45, 2.75) is 25.7 Å². The van der Waals surface area contributed by atoms with Crippen LogP contribution < -0.4 is 5.32 Å². The Morgan fingerprint density at radius 3 is 2.78 bits per heavy atom. The number of para-hydroxylation sites is 1. The Morgan fingerprint density at radius 1 is 1.17 bits per heavy atom. The summed E-state index contributed by atoms with van der Waals surface area (Å²) in [6.45, 7) is 0. The highest BCUT2D eigenvalue weighted by molar-refractivity contribution is 6.03. The zero-order chi connectivity index (χ0) is 12.4. The summed E-state index contributed by atoms with van der Waals surface area (Å²) in [5.41, 5.74) is 2.19. The number of aromatic nitrogens is 1. The predicted molar refractivity (Wildman–Crippen MR) is 67.5 cm³/mol. The first kappa shape index (κ1) is 11.0. The van der Waals surface area contributed by atoms with Gasteiger partial charge >= 0.3 is 0 Å². The number of aryl methyl sites for hydroxylation is 1. The van der Waals surface area contributed by atoms with Gasteiger partial charge in [-0.3, -0.25) is 4.79 Å². The maximum Gasteiger partial charge on any atom is 0.278 e. The van der Waals surface area contributed by atoms with E-state index < -0.39 is 0 Å². The highest BCUT2D eigenvalue weighted by Crippen LogP contribution is 2.24. The van der Waals surface area contributed by atoms with Crippen molar-refractivity contribution in [3.8, 4) is 0 Å². The van der Waals surface area contributed by atoms with E-state index in [1.54, 1.807) is 0 Å². The third-order valence-corrected chi connectivity index (χ3v) is 3.20. The third-order valence-electron chi connectivity index (χ3n) is 3.20. The summed E-state index contributed by atoms with van der Waals surface area (Å²) in [5, 5.41) is 6.74. The van der Waals surface area contributed by atoms with Gasteiger partial charge < -0.3 is 9.84 Å². The molecule has 0 spiro atoms. The van der Waals surface area contributed by atoms with Crippen LogP contribution in [0.4, 0.5) is 5.69 Å². The van der Waals surface area contributed by atoms with Crippen molar-refractivity contribution in [3.05, 3.63) is 47.3 Å². The molecule has 0 fully saturated rings. The Balaban J connectivity index is 1.83. The van der Waals surface area contributed by atoms with E-state index in [2.05, 4.69) is 10.5 Å². The fraction of sp³-hybridized carbons (Fsp3) is 0.286. The summed E-state index contributed by atoms with van der Waals surface area (Å²) in [7, 11) is 0. The second-order valence-corrected chi connectivity index (χ2v) is 4.46. The number of hydrogen-bond donors (Lipinski definition) is 1. The summed E-state index contributed by atoms with van der Waals surface area (Å²) in [6, 6.07) is 9.38. The number of fused-ring (bicyclic) bond motifs is 1. The fourth-order valence-electron chi connectivity index (χ4n) is 2.27. The molecule has 0 saturated carbocycles. The van der Waals surface area contributed by atoms with Crippen LogP contribution in [0.1, 0.15) is 34.7 Å². The van der Waals surface area contributed by atoms with Gasteiger partial charge in [-0.05, 0) is 31.4 Å². The van der Waals surface area contributed by atoms with Crippen LogP contribution in [-0.4, -0.2) is 11.1 Å². The minimum Gasteiger partial charge on any atom is -0.360 e. The molecule has 1 amide bonds. The van der Waals surface area contributed by atoms with E-state index in [1.165, 1.54) is 0 Å². The Morgan fingerprint density at radius 2 is 1.94 bits per heavy atom. The maximum absolute atomic E-state index is 12.1. The molecule has 1 aliphatic rings. The zero-order valence-corrected chi connectivity index (χ0v) is 9.98. The van der Waals surface area contributed by atoms with Gasteiger partial charge in [0.2, 0.25) is 0 Å². The molecule has 1 aromatic heterocycles. The molecule has 0 radical (unpaired) electrons. The molecule has 1 aromatic carbocycles. The van der Waals surface area contributed by atoms with Crippen LogP contribution in [0.3, 0.4) is 0 Å². The molecule has 1 N–H and O–H groups in total. The van der Waals surface area contributed by atoms with Crippen LogP contribution in [-0.2, 0) is 12.8 Å². The lowest BCUT2D eigenvalue weighted by molar-refractivity contribution is 0.101. The normalized spacial score (nSPS) is 14.0. The fourth-order valence-corrected chi connectivity index (χ4v) is 2.27. The van der Waals surface area contributed by atoms with Gasteiger partial charge in [-0.25, -0.2) is 0 Å². The second kappa shape index (κ2) is 4.64. The van der Waals surface area contributed by atoms with Gasteiger partial charge in [0.15, 0.2) is 5.69 Å². The van der Waals surface area contributed by atoms with Crippen molar-refractivity contribution in [1.82, 2.24) is 5.16 Å². The Labute approximate surface area is 105 Å². The lowest BCUT2D eigenvalue weighted by Gasteiger charge is -2.09. The minimum absolute atomic E-state index is 0.187. The molecule has 4 heteroatoms. The van der Waals surface area contributed by atoms with Gasteiger partial charge in [0.25, 0.3) is 5.91 Å². The van der Waals surface area contributed by atoms with E-state index in [1.807, 2.05) is 30.3 Å². The first-order valence-corrected chi connectivity index (χ1v) is 6.18. The number of amides is 1. The number of carbonyl (C=O) groups is 1. The summed E-state index contributed by atoms with van der Waals surface area (Å²) in [5.74, 6) is 0.688. The van der Waals surface area contributed by atoms with E-state index in [-0.39, 0.29) is 5.91 Å². The van der Waals surface area contributed by atoms with E-state index in [0.717, 1.165) is 42.7 Å². The monoisotopic (exact) mass is 242 g/mol. The molecule has 3 rings (SSSR count). The van der Waals surface area contributed by atoms with Crippen LogP contribution in [0.15, 0.2) is 34.9 Å². The van der Waals surface area contributed by atoms with E-state index in [9.17, 15) is 4.79 Å². The number of hydrogen-bond acceptors (Lipinski definition) is 3. The summed E-state index contributed by atoms with van der Waals surface area (Å²) >= 11 is 0. The van der Waals surface area contributed by atoms with Crippen molar-refractivity contribution in [3.63, 3.8) is 0 Å². The van der Waals surface area contributed by atoms with Gasteiger partial charge in [-0.2, -0.15) is 0 Å². The van der Waals surface area contributed by atoms with Crippen molar-refractivity contribution in [1.29, 1.82) is 0 Å². The van der Waals surface area contributed by atoms with Crippen LogP contribution in [0.2, 0.25) is 0 Å². The highest BCUT2D eigenvalue weighted by atomic mass is 16.5. The van der Waals surface area contributed by atoms with E-state index in [0.29, 0.717) is 5.69 Å². The maximum atomic E-state index is 12.1. The number of nitrogens with zero attached hydrogens (tertiary/aromatic N) is 1. The molecule has 0 atom stereocenters. The van der Waals surface area contributed by atoms with Crippen LogP contribution >= 0.6 is 0 Å². The summed E-state index contributed by atoms with van der Waals surface area (Å²) in [6.07, 6.45) is 3.99. The molecule has 1 heterocycles. The van der Waals surface area contributed by atoms with Crippen molar-refractivity contribution in [2.75, 3.05) is 5.32 Å².